The van der Waals surface area contributed by atoms with E-state index in [4.69, 9.17) is 25.8 Å². The molecular weight excluding hydrogens is 446 g/mol. The van der Waals surface area contributed by atoms with E-state index in [0.29, 0.717) is 22.1 Å². The first-order chi connectivity index (χ1) is 15.9. The smallest absolute Gasteiger partial charge is 0.339 e. The third-order valence-electron chi connectivity index (χ3n) is 5.05. The van der Waals surface area contributed by atoms with Gasteiger partial charge in [-0.05, 0) is 55.0 Å². The molecule has 1 aliphatic heterocycles. The van der Waals surface area contributed by atoms with Crippen LogP contribution >= 0.6 is 11.6 Å². The Balaban J connectivity index is 1.40. The van der Waals surface area contributed by atoms with Crippen LogP contribution in [0.5, 0.6) is 11.5 Å². The molecule has 0 spiro atoms. The zero-order chi connectivity index (χ0) is 23.4. The van der Waals surface area contributed by atoms with Gasteiger partial charge in [0.05, 0.1) is 5.56 Å². The second kappa shape index (κ2) is 9.75. The lowest BCUT2D eigenvalue weighted by atomic mass is 9.98. The molecule has 0 aliphatic carbocycles. The predicted octanol–water partition coefficient (Wildman–Crippen LogP) is 4.16. The maximum absolute atomic E-state index is 12.9. The lowest BCUT2D eigenvalue weighted by Gasteiger charge is -2.15. The first-order valence-corrected chi connectivity index (χ1v) is 10.6. The molecular formula is C25H20ClNO6. The minimum atomic E-state index is -1.06. The fourth-order valence-electron chi connectivity index (χ4n) is 3.28. The van der Waals surface area contributed by atoms with Crippen molar-refractivity contribution in [2.75, 3.05) is 6.79 Å². The Hall–Kier alpha value is -3.84. The summed E-state index contributed by atoms with van der Waals surface area (Å²) in [5.74, 6) is -0.317. The normalized spacial score (nSPS) is 12.7. The molecule has 1 atom stereocenters. The van der Waals surface area contributed by atoms with Gasteiger partial charge in [0, 0.05) is 22.7 Å². The second-order valence-electron chi connectivity index (χ2n) is 7.33. The maximum Gasteiger partial charge on any atom is 0.339 e. The van der Waals surface area contributed by atoms with Crippen molar-refractivity contribution < 1.29 is 28.6 Å². The van der Waals surface area contributed by atoms with Crippen molar-refractivity contribution in [3.8, 4) is 11.5 Å². The van der Waals surface area contributed by atoms with Gasteiger partial charge in [-0.3, -0.25) is 9.59 Å². The summed E-state index contributed by atoms with van der Waals surface area (Å²) in [5.41, 5.74) is 1.45. The largest absolute Gasteiger partial charge is 0.454 e. The standard InChI is InChI=1S/C25H20ClNO6/c1-15(24(29)27-13-16-6-11-21-22(12-16)32-14-31-21)33-25(30)20-5-3-2-4-19(20)23(28)17-7-9-18(26)10-8-17/h2-12,15H,13-14H2,1H3,(H,27,29)/t15-/m0/s1. The Morgan fingerprint density at radius 2 is 1.67 bits per heavy atom. The summed E-state index contributed by atoms with van der Waals surface area (Å²) >= 11 is 5.89. The number of halogens is 1. The minimum Gasteiger partial charge on any atom is -0.454 e. The molecule has 1 N–H and O–H groups in total. The Kier molecular flexibility index (Phi) is 6.60. The molecule has 0 aromatic heterocycles. The van der Waals surface area contributed by atoms with Gasteiger partial charge in [-0.2, -0.15) is 0 Å². The number of ether oxygens (including phenoxy) is 3. The van der Waals surface area contributed by atoms with Crippen LogP contribution in [0.3, 0.4) is 0 Å². The van der Waals surface area contributed by atoms with Crippen LogP contribution in [0.15, 0.2) is 66.7 Å². The molecule has 3 aromatic rings. The molecule has 4 rings (SSSR count). The second-order valence-corrected chi connectivity index (χ2v) is 7.77. The Bertz CT molecular complexity index is 1210. The zero-order valence-corrected chi connectivity index (χ0v) is 18.4. The predicted molar refractivity (Wildman–Crippen MR) is 121 cm³/mol. The lowest BCUT2D eigenvalue weighted by molar-refractivity contribution is -0.129. The number of fused-ring (bicyclic) bond motifs is 1. The van der Waals surface area contributed by atoms with E-state index in [1.165, 1.54) is 19.1 Å². The van der Waals surface area contributed by atoms with Gasteiger partial charge in [0.1, 0.15) is 0 Å². The minimum absolute atomic E-state index is 0.0767. The highest BCUT2D eigenvalue weighted by Gasteiger charge is 2.23. The van der Waals surface area contributed by atoms with Gasteiger partial charge in [-0.15, -0.1) is 0 Å². The average Bonchev–Trinajstić information content (AvgIpc) is 3.30. The van der Waals surface area contributed by atoms with Crippen LogP contribution in [-0.2, 0) is 16.1 Å². The topological polar surface area (TPSA) is 90.9 Å². The summed E-state index contributed by atoms with van der Waals surface area (Å²) in [5, 5.41) is 3.22. The number of carbonyl (C=O) groups excluding carboxylic acids is 3. The molecule has 168 valence electrons. The highest BCUT2D eigenvalue weighted by molar-refractivity contribution is 6.30. The van der Waals surface area contributed by atoms with Crippen molar-refractivity contribution in [1.82, 2.24) is 5.32 Å². The van der Waals surface area contributed by atoms with Crippen LogP contribution in [0.25, 0.3) is 0 Å². The van der Waals surface area contributed by atoms with Gasteiger partial charge in [0.2, 0.25) is 6.79 Å². The number of rotatable bonds is 7. The molecule has 0 saturated heterocycles. The first-order valence-electron chi connectivity index (χ1n) is 10.2. The number of ketones is 1. The number of esters is 1. The van der Waals surface area contributed by atoms with Crippen molar-refractivity contribution >= 4 is 29.3 Å². The van der Waals surface area contributed by atoms with Gasteiger partial charge in [-0.25, -0.2) is 4.79 Å². The molecule has 1 aliphatic rings. The highest BCUT2D eigenvalue weighted by atomic mass is 35.5. The zero-order valence-electron chi connectivity index (χ0n) is 17.7. The number of nitrogens with one attached hydrogen (secondary N) is 1. The number of hydrogen-bond donors (Lipinski definition) is 1. The highest BCUT2D eigenvalue weighted by Crippen LogP contribution is 2.32. The molecule has 1 heterocycles. The molecule has 8 heteroatoms. The number of carbonyl (C=O) groups is 3. The van der Waals surface area contributed by atoms with Gasteiger partial charge in [0.25, 0.3) is 5.91 Å². The molecule has 0 bridgehead atoms. The molecule has 1 amide bonds. The molecule has 0 radical (unpaired) electrons. The third-order valence-corrected chi connectivity index (χ3v) is 5.31. The van der Waals surface area contributed by atoms with E-state index >= 15 is 0 Å². The fourth-order valence-corrected chi connectivity index (χ4v) is 3.40. The number of amides is 1. The Morgan fingerprint density at radius 3 is 2.42 bits per heavy atom. The third kappa shape index (κ3) is 5.15. The van der Waals surface area contributed by atoms with Crippen LogP contribution in [0.2, 0.25) is 5.02 Å². The van der Waals surface area contributed by atoms with Crippen LogP contribution in [0.1, 0.15) is 38.8 Å². The summed E-state index contributed by atoms with van der Waals surface area (Å²) in [4.78, 5) is 38.1. The van der Waals surface area contributed by atoms with Gasteiger partial charge >= 0.3 is 5.97 Å². The first kappa shape index (κ1) is 22.4. The van der Waals surface area contributed by atoms with Crippen LogP contribution < -0.4 is 14.8 Å². The summed E-state index contributed by atoms with van der Waals surface area (Å²) in [7, 11) is 0. The van der Waals surface area contributed by atoms with Crippen LogP contribution in [0, 0.1) is 0 Å². The van der Waals surface area contributed by atoms with Crippen molar-refractivity contribution in [1.29, 1.82) is 0 Å². The summed E-state index contributed by atoms with van der Waals surface area (Å²) < 4.78 is 15.9. The van der Waals surface area contributed by atoms with Crippen molar-refractivity contribution in [3.05, 3.63) is 94.0 Å². The van der Waals surface area contributed by atoms with Gasteiger partial charge in [0.15, 0.2) is 23.4 Å². The van der Waals surface area contributed by atoms with Crippen LogP contribution in [0.4, 0.5) is 0 Å². The Morgan fingerprint density at radius 1 is 0.970 bits per heavy atom. The van der Waals surface area contributed by atoms with Crippen LogP contribution in [-0.4, -0.2) is 30.6 Å². The van der Waals surface area contributed by atoms with E-state index in [0.717, 1.165) is 5.56 Å². The summed E-state index contributed by atoms with van der Waals surface area (Å²) in [6.45, 7) is 1.86. The lowest BCUT2D eigenvalue weighted by Crippen LogP contribution is -2.35. The van der Waals surface area contributed by atoms with E-state index in [-0.39, 0.29) is 30.2 Å². The Labute approximate surface area is 195 Å². The summed E-state index contributed by atoms with van der Waals surface area (Å²) in [6.07, 6.45) is -1.06. The molecule has 3 aromatic carbocycles. The van der Waals surface area contributed by atoms with Crippen molar-refractivity contribution in [2.45, 2.75) is 19.6 Å². The van der Waals surface area contributed by atoms with E-state index in [1.54, 1.807) is 48.5 Å². The monoisotopic (exact) mass is 465 g/mol. The van der Waals surface area contributed by atoms with Gasteiger partial charge < -0.3 is 19.5 Å². The average molecular weight is 466 g/mol. The van der Waals surface area contributed by atoms with E-state index in [1.807, 2.05) is 6.07 Å². The number of hydrogen-bond acceptors (Lipinski definition) is 6. The quantitative estimate of drug-likeness (QED) is 0.416. The molecule has 7 nitrogen and oxygen atoms in total. The van der Waals surface area contributed by atoms with E-state index in [2.05, 4.69) is 5.32 Å². The molecule has 0 unspecified atom stereocenters. The fraction of sp³-hybridized carbons (Fsp3) is 0.160. The SMILES string of the molecule is C[C@H](OC(=O)c1ccccc1C(=O)c1ccc(Cl)cc1)C(=O)NCc1ccc2c(c1)OCO2. The van der Waals surface area contributed by atoms with E-state index < -0.39 is 18.0 Å². The molecule has 0 fully saturated rings. The van der Waals surface area contributed by atoms with Gasteiger partial charge in [-0.1, -0.05) is 35.9 Å². The summed E-state index contributed by atoms with van der Waals surface area (Å²) in [6, 6.07) is 18.0. The maximum atomic E-state index is 12.9. The van der Waals surface area contributed by atoms with E-state index in [9.17, 15) is 14.4 Å². The molecule has 0 saturated carbocycles. The molecule has 33 heavy (non-hydrogen) atoms. The van der Waals surface area contributed by atoms with Crippen molar-refractivity contribution in [2.24, 2.45) is 0 Å². The number of benzene rings is 3. The van der Waals surface area contributed by atoms with Crippen molar-refractivity contribution in [3.63, 3.8) is 0 Å².